The lowest BCUT2D eigenvalue weighted by molar-refractivity contribution is 0.0774. The van der Waals surface area contributed by atoms with Crippen LogP contribution in [0.3, 0.4) is 0 Å². The molecular weight excluding hydrogens is 340 g/mol. The van der Waals surface area contributed by atoms with Gasteiger partial charge in [0.2, 0.25) is 0 Å². The minimum absolute atomic E-state index is 0.0968. The number of benzene rings is 1. The fourth-order valence-corrected chi connectivity index (χ4v) is 3.36. The third-order valence-electron chi connectivity index (χ3n) is 3.11. The molecule has 0 bridgehead atoms. The van der Waals surface area contributed by atoms with E-state index in [9.17, 15) is 9.90 Å². The Morgan fingerprint density at radius 3 is 2.90 bits per heavy atom. The molecule has 20 heavy (non-hydrogen) atoms. The van der Waals surface area contributed by atoms with Gasteiger partial charge in [-0.05, 0) is 31.5 Å². The number of nitrogen functional groups attached to an aromatic ring is 1. The Labute approximate surface area is 130 Å². The number of hydrogen-bond donors (Lipinski definition) is 2. The van der Waals surface area contributed by atoms with E-state index in [1.807, 2.05) is 18.2 Å². The van der Waals surface area contributed by atoms with Crippen molar-refractivity contribution in [3.05, 3.63) is 27.5 Å². The van der Waals surface area contributed by atoms with Crippen molar-refractivity contribution in [2.24, 2.45) is 0 Å². The lowest BCUT2D eigenvalue weighted by Gasteiger charge is -2.17. The summed E-state index contributed by atoms with van der Waals surface area (Å²) in [4.78, 5) is 14.6. The van der Waals surface area contributed by atoms with E-state index in [1.54, 1.807) is 18.9 Å². The molecule has 108 valence electrons. The van der Waals surface area contributed by atoms with Gasteiger partial charge < -0.3 is 15.7 Å². The van der Waals surface area contributed by atoms with Gasteiger partial charge in [-0.2, -0.15) is 0 Å². The summed E-state index contributed by atoms with van der Waals surface area (Å²) in [5.74, 6) is -0.0968. The first-order valence-electron chi connectivity index (χ1n) is 6.31. The van der Waals surface area contributed by atoms with E-state index < -0.39 is 6.10 Å². The zero-order valence-electron chi connectivity index (χ0n) is 11.4. The van der Waals surface area contributed by atoms with Crippen LogP contribution in [-0.2, 0) is 0 Å². The maximum atomic E-state index is 12.4. The molecule has 0 spiro atoms. The number of carbonyl (C=O) groups is 1. The maximum absolute atomic E-state index is 12.4. The number of nitrogens with zero attached hydrogens (tertiary/aromatic N) is 1. The molecule has 1 amide bonds. The first-order chi connectivity index (χ1) is 9.40. The number of carbonyl (C=O) groups excluding carboxylic acids is 1. The number of fused-ring (bicyclic) bond motifs is 1. The van der Waals surface area contributed by atoms with Crippen LogP contribution in [0.2, 0.25) is 0 Å². The van der Waals surface area contributed by atoms with Crippen molar-refractivity contribution in [1.29, 1.82) is 0 Å². The Morgan fingerprint density at radius 1 is 1.55 bits per heavy atom. The summed E-state index contributed by atoms with van der Waals surface area (Å²) in [5, 5.41) is 10.2. The molecule has 3 N–H and O–H groups in total. The lowest BCUT2D eigenvalue weighted by atomic mass is 10.2. The molecular formula is C14H17BrN2O2S. The Hall–Kier alpha value is -1.11. The summed E-state index contributed by atoms with van der Waals surface area (Å²) in [6.07, 6.45) is 0.138. The van der Waals surface area contributed by atoms with Crippen molar-refractivity contribution in [2.45, 2.75) is 19.4 Å². The molecule has 6 heteroatoms. The number of nitrogens with two attached hydrogens (primary N) is 1. The first kappa shape index (κ1) is 15.3. The van der Waals surface area contributed by atoms with E-state index in [2.05, 4.69) is 15.9 Å². The molecule has 2 aromatic rings. The van der Waals surface area contributed by atoms with E-state index in [4.69, 9.17) is 5.73 Å². The number of anilines is 1. The molecule has 0 fully saturated rings. The third-order valence-corrected chi connectivity index (χ3v) is 4.78. The zero-order chi connectivity index (χ0) is 14.9. The van der Waals surface area contributed by atoms with Crippen molar-refractivity contribution < 1.29 is 9.90 Å². The Morgan fingerprint density at radius 2 is 2.25 bits per heavy atom. The van der Waals surface area contributed by atoms with Gasteiger partial charge in [0.15, 0.2) is 0 Å². The van der Waals surface area contributed by atoms with Crippen LogP contribution in [0.25, 0.3) is 10.1 Å². The molecule has 4 nitrogen and oxygen atoms in total. The predicted molar refractivity (Wildman–Crippen MR) is 87.2 cm³/mol. The summed E-state index contributed by atoms with van der Waals surface area (Å²) >= 11 is 4.81. The molecule has 2 rings (SSSR count). The molecule has 1 heterocycles. The highest BCUT2D eigenvalue weighted by Crippen LogP contribution is 2.35. The topological polar surface area (TPSA) is 66.6 Å². The second kappa shape index (κ2) is 6.11. The van der Waals surface area contributed by atoms with Crippen LogP contribution in [0.15, 0.2) is 22.7 Å². The number of rotatable bonds is 4. The summed E-state index contributed by atoms with van der Waals surface area (Å²) in [7, 11) is 1.73. The monoisotopic (exact) mass is 356 g/mol. The number of aliphatic hydroxyl groups is 1. The van der Waals surface area contributed by atoms with Gasteiger partial charge in [0, 0.05) is 28.2 Å². The van der Waals surface area contributed by atoms with Crippen molar-refractivity contribution in [1.82, 2.24) is 4.90 Å². The fourth-order valence-electron chi connectivity index (χ4n) is 1.90. The van der Waals surface area contributed by atoms with E-state index in [0.717, 1.165) is 14.6 Å². The van der Waals surface area contributed by atoms with Crippen LogP contribution in [0, 0.1) is 0 Å². The second-order valence-electron chi connectivity index (χ2n) is 4.85. The predicted octanol–water partition coefficient (Wildman–Crippen LogP) is 3.09. The zero-order valence-corrected chi connectivity index (χ0v) is 13.8. The number of halogens is 1. The Kier molecular flexibility index (Phi) is 4.67. The van der Waals surface area contributed by atoms with E-state index >= 15 is 0 Å². The van der Waals surface area contributed by atoms with Crippen LogP contribution >= 0.6 is 27.3 Å². The normalized spacial score (nSPS) is 12.6. The van der Waals surface area contributed by atoms with Gasteiger partial charge in [0.25, 0.3) is 5.91 Å². The van der Waals surface area contributed by atoms with Crippen molar-refractivity contribution >= 4 is 48.9 Å². The Bertz CT molecular complexity index is 639. The standard InChI is InChI=1S/C14H17BrN2O2S/c1-8(18)5-6-17(2)14(19)13-12(16)10-7-9(15)3-4-11(10)20-13/h3-4,7-8,18H,5-6,16H2,1-2H3. The van der Waals surface area contributed by atoms with E-state index in [0.29, 0.717) is 23.5 Å². The maximum Gasteiger partial charge on any atom is 0.265 e. The van der Waals surface area contributed by atoms with Gasteiger partial charge in [0.1, 0.15) is 4.88 Å². The molecule has 0 aliphatic rings. The number of hydrogen-bond acceptors (Lipinski definition) is 4. The Balaban J connectivity index is 2.28. The molecule has 0 saturated heterocycles. The van der Waals surface area contributed by atoms with Crippen LogP contribution in [0.4, 0.5) is 5.69 Å². The highest BCUT2D eigenvalue weighted by atomic mass is 79.9. The molecule has 0 saturated carbocycles. The molecule has 1 aromatic heterocycles. The van der Waals surface area contributed by atoms with E-state index in [1.165, 1.54) is 11.3 Å². The SMILES string of the molecule is CC(O)CCN(C)C(=O)c1sc2ccc(Br)cc2c1N. The number of amides is 1. The van der Waals surface area contributed by atoms with Gasteiger partial charge >= 0.3 is 0 Å². The van der Waals surface area contributed by atoms with Crippen molar-refractivity contribution in [3.8, 4) is 0 Å². The fraction of sp³-hybridized carbons (Fsp3) is 0.357. The average Bonchev–Trinajstić information content (AvgIpc) is 2.72. The first-order valence-corrected chi connectivity index (χ1v) is 7.92. The molecule has 0 radical (unpaired) electrons. The highest BCUT2D eigenvalue weighted by Gasteiger charge is 2.20. The van der Waals surface area contributed by atoms with Gasteiger partial charge in [-0.25, -0.2) is 0 Å². The molecule has 1 atom stereocenters. The van der Waals surface area contributed by atoms with Gasteiger partial charge in [0.05, 0.1) is 11.8 Å². The average molecular weight is 357 g/mol. The summed E-state index contributed by atoms with van der Waals surface area (Å²) in [6, 6.07) is 5.81. The van der Waals surface area contributed by atoms with Crippen LogP contribution < -0.4 is 5.73 Å². The van der Waals surface area contributed by atoms with Gasteiger partial charge in [-0.1, -0.05) is 15.9 Å². The van der Waals surface area contributed by atoms with Crippen LogP contribution in [0.5, 0.6) is 0 Å². The highest BCUT2D eigenvalue weighted by molar-refractivity contribution is 9.10. The molecule has 1 unspecified atom stereocenters. The smallest absolute Gasteiger partial charge is 0.265 e. The minimum atomic E-state index is -0.416. The summed E-state index contributed by atoms with van der Waals surface area (Å²) in [6.45, 7) is 2.22. The van der Waals surface area contributed by atoms with Crippen LogP contribution in [0.1, 0.15) is 23.0 Å². The third kappa shape index (κ3) is 3.13. The quantitative estimate of drug-likeness (QED) is 0.884. The van der Waals surface area contributed by atoms with Crippen molar-refractivity contribution in [2.75, 3.05) is 19.3 Å². The number of aliphatic hydroxyl groups excluding tert-OH is 1. The van der Waals surface area contributed by atoms with Crippen LogP contribution in [-0.4, -0.2) is 35.6 Å². The minimum Gasteiger partial charge on any atom is -0.397 e. The molecule has 0 aliphatic heterocycles. The van der Waals surface area contributed by atoms with Gasteiger partial charge in [-0.3, -0.25) is 4.79 Å². The number of thiophene rings is 1. The second-order valence-corrected chi connectivity index (χ2v) is 6.82. The van der Waals surface area contributed by atoms with Crippen molar-refractivity contribution in [3.63, 3.8) is 0 Å². The summed E-state index contributed by atoms with van der Waals surface area (Å²) in [5.41, 5.74) is 6.62. The molecule has 1 aromatic carbocycles. The van der Waals surface area contributed by atoms with Gasteiger partial charge in [-0.15, -0.1) is 11.3 Å². The largest absolute Gasteiger partial charge is 0.397 e. The lowest BCUT2D eigenvalue weighted by Crippen LogP contribution is -2.29. The van der Waals surface area contributed by atoms with E-state index in [-0.39, 0.29) is 5.91 Å². The molecule has 0 aliphatic carbocycles. The summed E-state index contributed by atoms with van der Waals surface area (Å²) < 4.78 is 1.94.